The van der Waals surface area contributed by atoms with Gasteiger partial charge in [0.2, 0.25) is 0 Å². The largest absolute Gasteiger partial charge is 0.464 e. The lowest BCUT2D eigenvalue weighted by Crippen LogP contribution is -2.39. The number of carbonyl (C=O) groups excluding carboxylic acids is 1. The van der Waals surface area contributed by atoms with Crippen molar-refractivity contribution in [2.24, 2.45) is 0 Å². The molecule has 0 aromatic carbocycles. The van der Waals surface area contributed by atoms with Crippen LogP contribution in [0.5, 0.6) is 0 Å². The molecule has 0 saturated carbocycles. The van der Waals surface area contributed by atoms with Crippen LogP contribution in [0.25, 0.3) is 0 Å². The molecule has 1 aliphatic heterocycles. The minimum absolute atomic E-state index is 0.0130. The molecule has 0 aliphatic carbocycles. The summed E-state index contributed by atoms with van der Waals surface area (Å²) in [4.78, 5) is 13.7. The predicted molar refractivity (Wildman–Crippen MR) is 61.2 cm³/mol. The molecule has 1 aromatic heterocycles. The lowest BCUT2D eigenvalue weighted by molar-refractivity contribution is 0.203. The van der Waals surface area contributed by atoms with Gasteiger partial charge in [-0.15, -0.1) is 0 Å². The number of amides is 2. The molecular formula is C12H18N2O2. The van der Waals surface area contributed by atoms with Crippen molar-refractivity contribution in [1.29, 1.82) is 0 Å². The number of nitrogens with one attached hydrogen (secondary N) is 1. The van der Waals surface area contributed by atoms with E-state index in [4.69, 9.17) is 4.42 Å². The van der Waals surface area contributed by atoms with Crippen LogP contribution in [0.2, 0.25) is 0 Å². The topological polar surface area (TPSA) is 45.5 Å². The fraction of sp³-hybridized carbons (Fsp3) is 0.583. The lowest BCUT2D eigenvalue weighted by Gasteiger charge is -2.19. The summed E-state index contributed by atoms with van der Waals surface area (Å²) in [5.41, 5.74) is 0. The van der Waals surface area contributed by atoms with E-state index in [2.05, 4.69) is 5.32 Å². The summed E-state index contributed by atoms with van der Waals surface area (Å²) in [6.07, 6.45) is 2.23. The molecule has 1 saturated heterocycles. The third-order valence-corrected chi connectivity index (χ3v) is 2.92. The van der Waals surface area contributed by atoms with Gasteiger partial charge >= 0.3 is 6.03 Å². The SMILES string of the molecule is Cc1ccc(C(C)NC(=O)N2CCCC2)o1. The fourth-order valence-corrected chi connectivity index (χ4v) is 1.95. The van der Waals surface area contributed by atoms with Gasteiger partial charge in [-0.25, -0.2) is 4.79 Å². The van der Waals surface area contributed by atoms with Gasteiger partial charge in [-0.1, -0.05) is 0 Å². The maximum atomic E-state index is 11.8. The Hall–Kier alpha value is -1.45. The van der Waals surface area contributed by atoms with Crippen molar-refractivity contribution in [1.82, 2.24) is 10.2 Å². The molecular weight excluding hydrogens is 204 g/mol. The zero-order valence-corrected chi connectivity index (χ0v) is 9.82. The van der Waals surface area contributed by atoms with E-state index >= 15 is 0 Å². The Morgan fingerprint density at radius 3 is 2.69 bits per heavy atom. The highest BCUT2D eigenvalue weighted by molar-refractivity contribution is 5.74. The average Bonchev–Trinajstić information content (AvgIpc) is 2.87. The van der Waals surface area contributed by atoms with Gasteiger partial charge in [-0.05, 0) is 38.8 Å². The van der Waals surface area contributed by atoms with Gasteiger partial charge in [-0.2, -0.15) is 0 Å². The third kappa shape index (κ3) is 2.38. The molecule has 16 heavy (non-hydrogen) atoms. The summed E-state index contributed by atoms with van der Waals surface area (Å²) in [6.45, 7) is 5.58. The summed E-state index contributed by atoms with van der Waals surface area (Å²) in [5.74, 6) is 1.68. The van der Waals surface area contributed by atoms with Crippen molar-refractivity contribution in [3.8, 4) is 0 Å². The van der Waals surface area contributed by atoms with E-state index in [1.807, 2.05) is 30.9 Å². The van der Waals surface area contributed by atoms with Gasteiger partial charge in [0.25, 0.3) is 0 Å². The van der Waals surface area contributed by atoms with E-state index in [1.165, 1.54) is 0 Å². The maximum absolute atomic E-state index is 11.8. The fourth-order valence-electron chi connectivity index (χ4n) is 1.95. The Morgan fingerprint density at radius 1 is 1.44 bits per heavy atom. The van der Waals surface area contributed by atoms with Crippen LogP contribution in [0.4, 0.5) is 4.79 Å². The van der Waals surface area contributed by atoms with Crippen molar-refractivity contribution >= 4 is 6.03 Å². The number of rotatable bonds is 2. The molecule has 2 rings (SSSR count). The summed E-state index contributed by atoms with van der Waals surface area (Å²) < 4.78 is 5.48. The van der Waals surface area contributed by atoms with Crippen LogP contribution in [0.3, 0.4) is 0 Å². The molecule has 0 spiro atoms. The Balaban J connectivity index is 1.91. The summed E-state index contributed by atoms with van der Waals surface area (Å²) in [6, 6.07) is 3.76. The summed E-state index contributed by atoms with van der Waals surface area (Å²) in [7, 11) is 0. The van der Waals surface area contributed by atoms with Gasteiger partial charge in [-0.3, -0.25) is 0 Å². The number of nitrogens with zero attached hydrogens (tertiary/aromatic N) is 1. The molecule has 0 bridgehead atoms. The zero-order valence-electron chi connectivity index (χ0n) is 9.82. The highest BCUT2D eigenvalue weighted by atomic mass is 16.3. The minimum atomic E-state index is -0.0678. The van der Waals surface area contributed by atoms with E-state index in [-0.39, 0.29) is 12.1 Å². The van der Waals surface area contributed by atoms with Crippen LogP contribution in [-0.4, -0.2) is 24.0 Å². The van der Waals surface area contributed by atoms with Crippen molar-refractivity contribution in [2.45, 2.75) is 32.7 Å². The molecule has 88 valence electrons. The van der Waals surface area contributed by atoms with Crippen molar-refractivity contribution in [2.75, 3.05) is 13.1 Å². The van der Waals surface area contributed by atoms with E-state index < -0.39 is 0 Å². The van der Waals surface area contributed by atoms with Gasteiger partial charge in [0.1, 0.15) is 11.5 Å². The summed E-state index contributed by atoms with van der Waals surface area (Å²) >= 11 is 0. The highest BCUT2D eigenvalue weighted by Crippen LogP contribution is 2.16. The molecule has 4 nitrogen and oxygen atoms in total. The Morgan fingerprint density at radius 2 is 2.12 bits per heavy atom. The van der Waals surface area contributed by atoms with Crippen molar-refractivity contribution in [3.63, 3.8) is 0 Å². The van der Waals surface area contributed by atoms with Crippen molar-refractivity contribution < 1.29 is 9.21 Å². The van der Waals surface area contributed by atoms with E-state index in [1.54, 1.807) is 0 Å². The lowest BCUT2D eigenvalue weighted by atomic mass is 10.2. The molecule has 1 fully saturated rings. The Bertz CT molecular complexity index is 367. The monoisotopic (exact) mass is 222 g/mol. The van der Waals surface area contributed by atoms with Crippen LogP contribution in [-0.2, 0) is 0 Å². The van der Waals surface area contributed by atoms with Gasteiger partial charge < -0.3 is 14.6 Å². The minimum Gasteiger partial charge on any atom is -0.464 e. The van der Waals surface area contributed by atoms with E-state index in [0.717, 1.165) is 37.5 Å². The van der Waals surface area contributed by atoms with Crippen LogP contribution in [0.15, 0.2) is 16.5 Å². The number of carbonyl (C=O) groups is 1. The van der Waals surface area contributed by atoms with Gasteiger partial charge in [0.05, 0.1) is 6.04 Å². The maximum Gasteiger partial charge on any atom is 0.317 e. The quantitative estimate of drug-likeness (QED) is 0.835. The second-order valence-corrected chi connectivity index (χ2v) is 4.31. The first-order valence-corrected chi connectivity index (χ1v) is 5.78. The molecule has 1 unspecified atom stereocenters. The molecule has 2 amide bonds. The van der Waals surface area contributed by atoms with Crippen LogP contribution in [0, 0.1) is 6.92 Å². The molecule has 0 radical (unpaired) electrons. The molecule has 1 aliphatic rings. The van der Waals surface area contributed by atoms with Crippen LogP contribution in [0.1, 0.15) is 37.3 Å². The molecule has 1 aromatic rings. The molecule has 2 heterocycles. The zero-order chi connectivity index (χ0) is 11.5. The summed E-state index contributed by atoms with van der Waals surface area (Å²) in [5, 5.41) is 2.94. The van der Waals surface area contributed by atoms with Gasteiger partial charge in [0.15, 0.2) is 0 Å². The van der Waals surface area contributed by atoms with E-state index in [0.29, 0.717) is 0 Å². The van der Waals surface area contributed by atoms with Crippen LogP contribution >= 0.6 is 0 Å². The van der Waals surface area contributed by atoms with Gasteiger partial charge in [0, 0.05) is 13.1 Å². The first-order chi connectivity index (χ1) is 7.66. The van der Waals surface area contributed by atoms with Crippen molar-refractivity contribution in [3.05, 3.63) is 23.7 Å². The number of aryl methyl sites for hydroxylation is 1. The smallest absolute Gasteiger partial charge is 0.317 e. The third-order valence-electron chi connectivity index (χ3n) is 2.92. The number of furan rings is 1. The normalized spacial score (nSPS) is 17.5. The molecule has 1 atom stereocenters. The second-order valence-electron chi connectivity index (χ2n) is 4.31. The number of urea groups is 1. The molecule has 1 N–H and O–H groups in total. The second kappa shape index (κ2) is 4.60. The number of hydrogen-bond donors (Lipinski definition) is 1. The Labute approximate surface area is 95.6 Å². The highest BCUT2D eigenvalue weighted by Gasteiger charge is 2.20. The first kappa shape index (κ1) is 11.0. The van der Waals surface area contributed by atoms with E-state index in [9.17, 15) is 4.79 Å². The predicted octanol–water partition coefficient (Wildman–Crippen LogP) is 2.45. The average molecular weight is 222 g/mol. The molecule has 4 heteroatoms. The number of hydrogen-bond acceptors (Lipinski definition) is 2. The first-order valence-electron chi connectivity index (χ1n) is 5.78. The Kier molecular flexibility index (Phi) is 3.17. The standard InChI is InChI=1S/C12H18N2O2/c1-9-5-6-11(16-9)10(2)13-12(15)14-7-3-4-8-14/h5-6,10H,3-4,7-8H2,1-2H3,(H,13,15). The number of likely N-dealkylation sites (tertiary alicyclic amines) is 1. The van der Waals surface area contributed by atoms with Crippen LogP contribution < -0.4 is 5.32 Å².